The lowest BCUT2D eigenvalue weighted by Crippen LogP contribution is -2.57. The van der Waals surface area contributed by atoms with Gasteiger partial charge >= 0.3 is 0 Å². The lowest BCUT2D eigenvalue weighted by Gasteiger charge is -2.38. The number of rotatable bonds is 5. The van der Waals surface area contributed by atoms with E-state index in [1.807, 2.05) is 19.3 Å². The molecule has 0 saturated carbocycles. The predicted octanol–water partition coefficient (Wildman–Crippen LogP) is 0.766. The number of nitrogens with zero attached hydrogens (tertiary/aromatic N) is 3. The van der Waals surface area contributed by atoms with Crippen LogP contribution >= 0.6 is 0 Å². The summed E-state index contributed by atoms with van der Waals surface area (Å²) in [5.41, 5.74) is 0.284. The van der Waals surface area contributed by atoms with E-state index in [4.69, 9.17) is 4.74 Å². The number of morpholine rings is 1. The minimum absolute atomic E-state index is 0.0817. The molecule has 1 aliphatic rings. The summed E-state index contributed by atoms with van der Waals surface area (Å²) in [6, 6.07) is 0. The Hall–Kier alpha value is -1.53. The van der Waals surface area contributed by atoms with Gasteiger partial charge in [0.15, 0.2) is 5.60 Å². The van der Waals surface area contributed by atoms with Gasteiger partial charge in [0.05, 0.1) is 6.61 Å². The van der Waals surface area contributed by atoms with Gasteiger partial charge in [-0.2, -0.15) is 0 Å². The summed E-state index contributed by atoms with van der Waals surface area (Å²) in [5, 5.41) is 2.67. The van der Waals surface area contributed by atoms with E-state index in [2.05, 4.69) is 27.1 Å². The number of nitrogens with one attached hydrogen (secondary N) is 1. The summed E-state index contributed by atoms with van der Waals surface area (Å²) >= 11 is 0. The first kappa shape index (κ1) is 15.9. The van der Waals surface area contributed by atoms with Crippen LogP contribution in [0.5, 0.6) is 0 Å². The minimum atomic E-state index is -0.782. The van der Waals surface area contributed by atoms with E-state index in [9.17, 15) is 4.79 Å². The van der Waals surface area contributed by atoms with Gasteiger partial charge in [-0.05, 0) is 13.3 Å². The highest BCUT2D eigenvalue weighted by Crippen LogP contribution is 2.19. The zero-order chi connectivity index (χ0) is 15.3. The molecule has 0 radical (unpaired) electrons. The molecule has 1 aromatic rings. The number of hydrogen-bond donors (Lipinski definition) is 1. The van der Waals surface area contributed by atoms with Crippen LogP contribution in [-0.2, 0) is 22.5 Å². The Kier molecular flexibility index (Phi) is 5.25. The second kappa shape index (κ2) is 6.95. The molecule has 1 N–H and O–H groups in total. The maximum atomic E-state index is 11.9. The molecule has 2 heterocycles. The third kappa shape index (κ3) is 3.98. The van der Waals surface area contributed by atoms with E-state index in [0.717, 1.165) is 37.3 Å². The van der Waals surface area contributed by atoms with Crippen LogP contribution in [0, 0.1) is 0 Å². The van der Waals surface area contributed by atoms with Crippen molar-refractivity contribution in [3.63, 3.8) is 0 Å². The van der Waals surface area contributed by atoms with E-state index in [1.165, 1.54) is 0 Å². The number of amides is 1. The molecule has 1 amide bonds. The molecule has 0 aliphatic carbocycles. The monoisotopic (exact) mass is 292 g/mol. The van der Waals surface area contributed by atoms with E-state index in [-0.39, 0.29) is 5.91 Å². The lowest BCUT2D eigenvalue weighted by molar-refractivity contribution is -0.156. The van der Waals surface area contributed by atoms with Crippen molar-refractivity contribution < 1.29 is 9.53 Å². The average Bonchev–Trinajstić information content (AvgIpc) is 2.49. The van der Waals surface area contributed by atoms with Gasteiger partial charge in [-0.25, -0.2) is 9.97 Å². The van der Waals surface area contributed by atoms with Crippen molar-refractivity contribution in [1.82, 2.24) is 20.2 Å². The van der Waals surface area contributed by atoms with Gasteiger partial charge in [0.1, 0.15) is 5.82 Å². The van der Waals surface area contributed by atoms with Gasteiger partial charge in [0.25, 0.3) is 5.91 Å². The Morgan fingerprint density at radius 1 is 1.48 bits per heavy atom. The zero-order valence-corrected chi connectivity index (χ0v) is 13.1. The zero-order valence-electron chi connectivity index (χ0n) is 13.1. The molecule has 1 aromatic heterocycles. The molecule has 1 saturated heterocycles. The summed E-state index contributed by atoms with van der Waals surface area (Å²) in [7, 11) is 1.64. The van der Waals surface area contributed by atoms with Gasteiger partial charge in [-0.1, -0.05) is 6.92 Å². The molecule has 1 fully saturated rings. The van der Waals surface area contributed by atoms with Gasteiger partial charge in [-0.3, -0.25) is 9.69 Å². The molecular formula is C15H24N4O2. The van der Waals surface area contributed by atoms with Crippen LogP contribution in [0.15, 0.2) is 12.4 Å². The minimum Gasteiger partial charge on any atom is -0.363 e. The Labute approximate surface area is 125 Å². The van der Waals surface area contributed by atoms with Crippen LogP contribution in [0.1, 0.15) is 31.7 Å². The van der Waals surface area contributed by atoms with Crippen LogP contribution in [0.25, 0.3) is 0 Å². The molecule has 116 valence electrons. The SMILES string of the molecule is CCCc1ncc(CN2CCO[C@](C)(C(=O)NC)C2)cn1. The highest BCUT2D eigenvalue weighted by molar-refractivity contribution is 5.84. The van der Waals surface area contributed by atoms with Crippen molar-refractivity contribution in [3.05, 3.63) is 23.8 Å². The fourth-order valence-electron chi connectivity index (χ4n) is 2.56. The van der Waals surface area contributed by atoms with Crippen LogP contribution in [-0.4, -0.2) is 53.1 Å². The first-order valence-electron chi connectivity index (χ1n) is 7.45. The van der Waals surface area contributed by atoms with Gasteiger partial charge < -0.3 is 10.1 Å². The predicted molar refractivity (Wildman–Crippen MR) is 79.7 cm³/mol. The second-order valence-corrected chi connectivity index (χ2v) is 5.63. The third-order valence-corrected chi connectivity index (χ3v) is 3.70. The summed E-state index contributed by atoms with van der Waals surface area (Å²) in [6.45, 7) is 6.62. The van der Waals surface area contributed by atoms with Crippen LogP contribution in [0.4, 0.5) is 0 Å². The summed E-state index contributed by atoms with van der Waals surface area (Å²) in [4.78, 5) is 22.9. The number of aryl methyl sites for hydroxylation is 1. The Morgan fingerprint density at radius 3 is 2.81 bits per heavy atom. The summed E-state index contributed by atoms with van der Waals surface area (Å²) in [6.07, 6.45) is 5.72. The van der Waals surface area contributed by atoms with Crippen molar-refractivity contribution in [3.8, 4) is 0 Å². The van der Waals surface area contributed by atoms with Crippen molar-refractivity contribution in [1.29, 1.82) is 0 Å². The molecule has 2 rings (SSSR count). The molecule has 0 bridgehead atoms. The van der Waals surface area contributed by atoms with Crippen molar-refractivity contribution in [2.45, 2.75) is 38.8 Å². The largest absolute Gasteiger partial charge is 0.363 e. The smallest absolute Gasteiger partial charge is 0.253 e. The second-order valence-electron chi connectivity index (χ2n) is 5.63. The molecule has 6 nitrogen and oxygen atoms in total. The van der Waals surface area contributed by atoms with E-state index >= 15 is 0 Å². The lowest BCUT2D eigenvalue weighted by atomic mass is 10.0. The first-order chi connectivity index (χ1) is 10.1. The fourth-order valence-corrected chi connectivity index (χ4v) is 2.56. The van der Waals surface area contributed by atoms with E-state index < -0.39 is 5.60 Å². The number of likely N-dealkylation sites (N-methyl/N-ethyl adjacent to an activating group) is 1. The van der Waals surface area contributed by atoms with Crippen molar-refractivity contribution in [2.24, 2.45) is 0 Å². The van der Waals surface area contributed by atoms with Crippen LogP contribution < -0.4 is 5.32 Å². The number of carbonyl (C=O) groups is 1. The summed E-state index contributed by atoms with van der Waals surface area (Å²) in [5.74, 6) is 0.806. The van der Waals surface area contributed by atoms with Gasteiger partial charge in [0.2, 0.25) is 0 Å². The Bertz CT molecular complexity index is 477. The maximum absolute atomic E-state index is 11.9. The number of aromatic nitrogens is 2. The number of carbonyl (C=O) groups excluding carboxylic acids is 1. The number of hydrogen-bond acceptors (Lipinski definition) is 5. The maximum Gasteiger partial charge on any atom is 0.253 e. The molecule has 21 heavy (non-hydrogen) atoms. The third-order valence-electron chi connectivity index (χ3n) is 3.70. The van der Waals surface area contributed by atoms with Crippen LogP contribution in [0.2, 0.25) is 0 Å². The van der Waals surface area contributed by atoms with E-state index in [1.54, 1.807) is 7.05 Å². The highest BCUT2D eigenvalue weighted by Gasteiger charge is 2.38. The topological polar surface area (TPSA) is 67.4 Å². The molecule has 0 unspecified atom stereocenters. The van der Waals surface area contributed by atoms with Crippen molar-refractivity contribution >= 4 is 5.91 Å². The van der Waals surface area contributed by atoms with Gasteiger partial charge in [-0.15, -0.1) is 0 Å². The fraction of sp³-hybridized carbons (Fsp3) is 0.667. The quantitative estimate of drug-likeness (QED) is 0.868. The molecule has 1 atom stereocenters. The molecular weight excluding hydrogens is 268 g/mol. The molecule has 0 aromatic carbocycles. The highest BCUT2D eigenvalue weighted by atomic mass is 16.5. The first-order valence-corrected chi connectivity index (χ1v) is 7.45. The normalized spacial score (nSPS) is 23.0. The summed E-state index contributed by atoms with van der Waals surface area (Å²) < 4.78 is 5.65. The van der Waals surface area contributed by atoms with Crippen molar-refractivity contribution in [2.75, 3.05) is 26.7 Å². The molecule has 1 aliphatic heterocycles. The molecule has 0 spiro atoms. The average molecular weight is 292 g/mol. The standard InChI is InChI=1S/C15H24N4O2/c1-4-5-13-17-8-12(9-18-13)10-19-6-7-21-15(2,11-19)14(20)16-3/h8-9H,4-7,10-11H2,1-3H3,(H,16,20)/t15-/m0/s1. The Balaban J connectivity index is 1.97. The molecule has 6 heteroatoms. The van der Waals surface area contributed by atoms with E-state index in [0.29, 0.717) is 13.2 Å². The van der Waals surface area contributed by atoms with Crippen LogP contribution in [0.3, 0.4) is 0 Å². The van der Waals surface area contributed by atoms with Gasteiger partial charge in [0, 0.05) is 51.1 Å². The Morgan fingerprint density at radius 2 is 2.19 bits per heavy atom. The number of ether oxygens (including phenoxy) is 1.